The Morgan fingerprint density at radius 2 is 1.68 bits per heavy atom. The fraction of sp³-hybridized carbons (Fsp3) is 0.167. The standard InChI is InChI=1S/C17H14ClN2.CHF3O3S/c1-19-17(12-6-8-14(18)9-7-12)11-15-10-13-4-2-3-5-16(13)20(15)19;2-1(3,4)8(5,6)7/h2-9,11H,10H2,1H3;(H,5,6,7)/q+1;/p-1. The number of halogens is 4. The van der Waals surface area contributed by atoms with Gasteiger partial charge in [-0.25, -0.2) is 8.42 Å². The summed E-state index contributed by atoms with van der Waals surface area (Å²) in [7, 11) is -3.98. The molecule has 0 saturated carbocycles. The van der Waals surface area contributed by atoms with Crippen molar-refractivity contribution in [2.45, 2.75) is 11.9 Å². The molecule has 0 unspecified atom stereocenters. The van der Waals surface area contributed by atoms with Crippen LogP contribution >= 0.6 is 11.6 Å². The smallest absolute Gasteiger partial charge is 0.485 e. The molecule has 0 aliphatic carbocycles. The molecule has 0 atom stereocenters. The fourth-order valence-electron chi connectivity index (χ4n) is 3.01. The Balaban J connectivity index is 0.000000242. The van der Waals surface area contributed by atoms with Crippen molar-refractivity contribution in [3.05, 3.63) is 70.9 Å². The van der Waals surface area contributed by atoms with E-state index in [1.54, 1.807) is 0 Å². The van der Waals surface area contributed by atoms with E-state index >= 15 is 0 Å². The number of alkyl halides is 3. The summed E-state index contributed by atoms with van der Waals surface area (Å²) < 4.78 is 63.4. The molecule has 2 heterocycles. The van der Waals surface area contributed by atoms with E-state index in [1.165, 1.54) is 28.2 Å². The van der Waals surface area contributed by atoms with Crippen LogP contribution in [0.25, 0.3) is 16.9 Å². The van der Waals surface area contributed by atoms with Gasteiger partial charge in [0.25, 0.3) is 0 Å². The van der Waals surface area contributed by atoms with Crippen LogP contribution in [-0.4, -0.2) is 23.2 Å². The summed E-state index contributed by atoms with van der Waals surface area (Å²) >= 11 is 5.97. The topological polar surface area (TPSA) is 66.0 Å². The van der Waals surface area contributed by atoms with Gasteiger partial charge in [-0.1, -0.05) is 29.8 Å². The highest BCUT2D eigenvalue weighted by molar-refractivity contribution is 7.86. The first kappa shape index (κ1) is 20.4. The molecular formula is C18H14ClF3N2O3S. The molecule has 28 heavy (non-hydrogen) atoms. The van der Waals surface area contributed by atoms with Crippen LogP contribution in [-0.2, 0) is 23.6 Å². The van der Waals surface area contributed by atoms with E-state index in [9.17, 15) is 13.2 Å². The van der Waals surface area contributed by atoms with Gasteiger partial charge in [0, 0.05) is 23.1 Å². The third-order valence-electron chi connectivity index (χ3n) is 4.24. The minimum atomic E-state index is -6.09. The number of para-hydroxylation sites is 1. The molecule has 3 aromatic rings. The first-order chi connectivity index (χ1) is 13.0. The Hall–Kier alpha value is -2.36. The van der Waals surface area contributed by atoms with Crippen LogP contribution < -0.4 is 4.68 Å². The van der Waals surface area contributed by atoms with Crippen molar-refractivity contribution >= 4 is 21.7 Å². The van der Waals surface area contributed by atoms with Crippen LogP contribution in [0.4, 0.5) is 13.2 Å². The molecular weight excluding hydrogens is 417 g/mol. The van der Waals surface area contributed by atoms with Crippen LogP contribution in [0.15, 0.2) is 54.6 Å². The van der Waals surface area contributed by atoms with Crippen molar-refractivity contribution in [3.63, 3.8) is 0 Å². The second kappa shape index (κ2) is 7.23. The van der Waals surface area contributed by atoms with Crippen LogP contribution in [0.3, 0.4) is 0 Å². The van der Waals surface area contributed by atoms with Crippen molar-refractivity contribution in [1.82, 2.24) is 4.68 Å². The van der Waals surface area contributed by atoms with Gasteiger partial charge in [-0.05, 0) is 35.9 Å². The van der Waals surface area contributed by atoms with Crippen LogP contribution in [0, 0.1) is 0 Å². The van der Waals surface area contributed by atoms with Gasteiger partial charge in [-0.2, -0.15) is 13.2 Å². The van der Waals surface area contributed by atoms with Crippen LogP contribution in [0.1, 0.15) is 11.3 Å². The van der Waals surface area contributed by atoms with Crippen molar-refractivity contribution in [3.8, 4) is 16.9 Å². The maximum Gasteiger partial charge on any atom is 0.485 e. The lowest BCUT2D eigenvalue weighted by molar-refractivity contribution is -0.734. The number of fused-ring (bicyclic) bond motifs is 3. The van der Waals surface area contributed by atoms with Gasteiger partial charge in [0.1, 0.15) is 5.69 Å². The van der Waals surface area contributed by atoms with Crippen molar-refractivity contribution in [2.75, 3.05) is 0 Å². The lowest BCUT2D eigenvalue weighted by Crippen LogP contribution is -2.39. The van der Waals surface area contributed by atoms with Crippen LogP contribution in [0.5, 0.6) is 0 Å². The Bertz CT molecular complexity index is 1120. The molecule has 5 nitrogen and oxygen atoms in total. The first-order valence-corrected chi connectivity index (χ1v) is 9.75. The lowest BCUT2D eigenvalue weighted by atomic mass is 10.1. The molecule has 10 heteroatoms. The van der Waals surface area contributed by atoms with E-state index in [0.29, 0.717) is 0 Å². The second-order valence-electron chi connectivity index (χ2n) is 6.07. The number of aromatic nitrogens is 2. The average molecular weight is 431 g/mol. The van der Waals surface area contributed by atoms with Gasteiger partial charge in [-0.15, -0.1) is 9.36 Å². The van der Waals surface area contributed by atoms with Crippen LogP contribution in [0.2, 0.25) is 5.02 Å². The van der Waals surface area contributed by atoms with E-state index in [1.807, 2.05) is 12.1 Å². The van der Waals surface area contributed by atoms with E-state index in [0.717, 1.165) is 11.4 Å². The van der Waals surface area contributed by atoms with Gasteiger partial charge >= 0.3 is 5.51 Å². The second-order valence-corrected chi connectivity index (χ2v) is 7.88. The maximum atomic E-state index is 10.7. The summed E-state index contributed by atoms with van der Waals surface area (Å²) in [5.41, 5.74) is 0.763. The summed E-state index contributed by atoms with van der Waals surface area (Å²) in [6, 6.07) is 18.9. The van der Waals surface area contributed by atoms with Crippen molar-refractivity contribution in [1.29, 1.82) is 0 Å². The molecule has 1 aliphatic heterocycles. The Morgan fingerprint density at radius 3 is 2.25 bits per heavy atom. The molecule has 0 N–H and O–H groups in total. The molecule has 1 aromatic heterocycles. The van der Waals surface area contributed by atoms with E-state index in [2.05, 4.69) is 58.9 Å². The zero-order valence-corrected chi connectivity index (χ0v) is 16.0. The Labute approximate surface area is 164 Å². The predicted octanol–water partition coefficient (Wildman–Crippen LogP) is 3.58. The molecule has 0 spiro atoms. The highest BCUT2D eigenvalue weighted by atomic mass is 35.5. The zero-order chi connectivity index (χ0) is 20.7. The number of rotatable bonds is 1. The Kier molecular flexibility index (Phi) is 5.26. The number of hydrogen-bond donors (Lipinski definition) is 0. The van der Waals surface area contributed by atoms with Gasteiger partial charge in [0.15, 0.2) is 17.2 Å². The van der Waals surface area contributed by atoms with E-state index in [-0.39, 0.29) is 0 Å². The minimum absolute atomic E-state index is 0.772. The third kappa shape index (κ3) is 3.91. The first-order valence-electron chi connectivity index (χ1n) is 7.96. The largest absolute Gasteiger partial charge is 0.741 e. The molecule has 4 rings (SSSR count). The molecule has 0 radical (unpaired) electrons. The fourth-order valence-corrected chi connectivity index (χ4v) is 3.13. The highest BCUT2D eigenvalue weighted by Gasteiger charge is 2.37. The molecule has 0 bridgehead atoms. The zero-order valence-electron chi connectivity index (χ0n) is 14.4. The molecule has 0 fully saturated rings. The summed E-state index contributed by atoms with van der Waals surface area (Å²) in [5, 5.41) is 0.772. The number of benzene rings is 2. The van der Waals surface area contributed by atoms with Crippen molar-refractivity contribution < 1.29 is 30.8 Å². The average Bonchev–Trinajstić information content (AvgIpc) is 3.11. The maximum absolute atomic E-state index is 10.7. The molecule has 2 aromatic carbocycles. The predicted molar refractivity (Wildman–Crippen MR) is 95.9 cm³/mol. The molecule has 1 aliphatic rings. The quantitative estimate of drug-likeness (QED) is 0.263. The molecule has 0 amide bonds. The van der Waals surface area contributed by atoms with Gasteiger partial charge in [-0.3, -0.25) is 0 Å². The van der Waals surface area contributed by atoms with Gasteiger partial charge in [0.2, 0.25) is 5.69 Å². The monoisotopic (exact) mass is 430 g/mol. The number of nitrogens with zero attached hydrogens (tertiary/aromatic N) is 2. The Morgan fingerprint density at radius 1 is 1.11 bits per heavy atom. The highest BCUT2D eigenvalue weighted by Crippen LogP contribution is 2.29. The molecule has 0 saturated heterocycles. The van der Waals surface area contributed by atoms with Crippen molar-refractivity contribution in [2.24, 2.45) is 7.05 Å². The lowest BCUT2D eigenvalue weighted by Gasteiger charge is -2.08. The summed E-state index contributed by atoms with van der Waals surface area (Å²) in [4.78, 5) is 0. The normalized spacial score (nSPS) is 12.8. The van der Waals surface area contributed by atoms with Gasteiger partial charge < -0.3 is 4.55 Å². The van der Waals surface area contributed by atoms with Gasteiger partial charge in [0.05, 0.1) is 5.69 Å². The summed E-state index contributed by atoms with van der Waals surface area (Å²) in [5.74, 6) is 0. The summed E-state index contributed by atoms with van der Waals surface area (Å²) in [6.07, 6.45) is 0.998. The molecule has 148 valence electrons. The SMILES string of the molecule is C[n+]1c(-c2ccc(Cl)cc2)cc2n1-c1ccccc1C2.O=S(=O)([O-])C(F)(F)F. The number of hydrogen-bond acceptors (Lipinski definition) is 3. The minimum Gasteiger partial charge on any atom is -0.741 e. The third-order valence-corrected chi connectivity index (χ3v) is 5.06. The van der Waals surface area contributed by atoms with E-state index in [4.69, 9.17) is 24.6 Å². The van der Waals surface area contributed by atoms with E-state index < -0.39 is 15.6 Å². The summed E-state index contributed by atoms with van der Waals surface area (Å²) in [6.45, 7) is 0.